The highest BCUT2D eigenvalue weighted by atomic mass is 79.9. The molecule has 0 spiro atoms. The zero-order valence-electron chi connectivity index (χ0n) is 11.5. The van der Waals surface area contributed by atoms with Crippen LogP contribution in [0.2, 0.25) is 0 Å². The van der Waals surface area contributed by atoms with Crippen LogP contribution in [0.15, 0.2) is 53.0 Å². The van der Waals surface area contributed by atoms with Crippen molar-refractivity contribution in [2.24, 2.45) is 0 Å². The molecule has 104 valence electrons. The van der Waals surface area contributed by atoms with E-state index in [4.69, 9.17) is 0 Å². The van der Waals surface area contributed by atoms with E-state index in [1.807, 2.05) is 62.4 Å². The first-order valence-electron chi connectivity index (χ1n) is 6.45. The van der Waals surface area contributed by atoms with E-state index in [0.29, 0.717) is 0 Å². The van der Waals surface area contributed by atoms with Crippen molar-refractivity contribution >= 4 is 27.6 Å². The van der Waals surface area contributed by atoms with Gasteiger partial charge in [-0.05, 0) is 53.0 Å². The van der Waals surface area contributed by atoms with Crippen molar-refractivity contribution in [3.05, 3.63) is 64.1 Å². The molecule has 0 aliphatic carbocycles. The number of amides is 2. The summed E-state index contributed by atoms with van der Waals surface area (Å²) in [6.07, 6.45) is 0. The van der Waals surface area contributed by atoms with Crippen LogP contribution in [0.5, 0.6) is 0 Å². The molecule has 0 saturated carbocycles. The van der Waals surface area contributed by atoms with Gasteiger partial charge in [-0.25, -0.2) is 4.79 Å². The van der Waals surface area contributed by atoms with Crippen LogP contribution in [0.25, 0.3) is 0 Å². The summed E-state index contributed by atoms with van der Waals surface area (Å²) in [6.45, 7) is 3.96. The maximum absolute atomic E-state index is 12.0. The fourth-order valence-electron chi connectivity index (χ4n) is 1.90. The van der Waals surface area contributed by atoms with Crippen molar-refractivity contribution in [2.75, 3.05) is 5.32 Å². The number of rotatable bonds is 3. The van der Waals surface area contributed by atoms with E-state index in [0.717, 1.165) is 21.3 Å². The number of benzene rings is 2. The van der Waals surface area contributed by atoms with Crippen LogP contribution >= 0.6 is 15.9 Å². The van der Waals surface area contributed by atoms with Gasteiger partial charge in [0.25, 0.3) is 0 Å². The molecule has 0 aliphatic rings. The Morgan fingerprint density at radius 3 is 2.50 bits per heavy atom. The highest BCUT2D eigenvalue weighted by molar-refractivity contribution is 9.10. The van der Waals surface area contributed by atoms with Gasteiger partial charge in [0.05, 0.1) is 11.7 Å². The second kappa shape index (κ2) is 6.57. The molecule has 0 fully saturated rings. The smallest absolute Gasteiger partial charge is 0.319 e. The van der Waals surface area contributed by atoms with Crippen molar-refractivity contribution in [3.8, 4) is 0 Å². The third kappa shape index (κ3) is 3.84. The predicted molar refractivity (Wildman–Crippen MR) is 85.9 cm³/mol. The fraction of sp³-hybridized carbons (Fsp3) is 0.188. The number of carbonyl (C=O) groups excluding carboxylic acids is 1. The second-order valence-electron chi connectivity index (χ2n) is 4.71. The quantitative estimate of drug-likeness (QED) is 0.844. The standard InChI is InChI=1S/C16H17BrN2O/c1-11-8-9-15(14(17)10-11)19-16(20)18-12(2)13-6-4-3-5-7-13/h3-10,12H,1-2H3,(H2,18,19,20). The number of aryl methyl sites for hydroxylation is 1. The molecule has 0 aromatic heterocycles. The normalized spacial score (nSPS) is 11.8. The van der Waals surface area contributed by atoms with Crippen LogP contribution in [0.1, 0.15) is 24.1 Å². The molecule has 4 heteroatoms. The Labute approximate surface area is 127 Å². The summed E-state index contributed by atoms with van der Waals surface area (Å²) in [4.78, 5) is 12.0. The molecule has 3 nitrogen and oxygen atoms in total. The van der Waals surface area contributed by atoms with Crippen LogP contribution in [0, 0.1) is 6.92 Å². The molecule has 2 aromatic rings. The molecule has 1 atom stereocenters. The van der Waals surface area contributed by atoms with Gasteiger partial charge in [-0.15, -0.1) is 0 Å². The van der Waals surface area contributed by atoms with E-state index in [1.54, 1.807) is 0 Å². The van der Waals surface area contributed by atoms with Gasteiger partial charge < -0.3 is 10.6 Å². The Hall–Kier alpha value is -1.81. The molecule has 2 rings (SSSR count). The zero-order valence-corrected chi connectivity index (χ0v) is 13.1. The SMILES string of the molecule is Cc1ccc(NC(=O)NC(C)c2ccccc2)c(Br)c1. The summed E-state index contributed by atoms with van der Waals surface area (Å²) in [6, 6.07) is 15.4. The summed E-state index contributed by atoms with van der Waals surface area (Å²) in [7, 11) is 0. The number of anilines is 1. The van der Waals surface area contributed by atoms with Crippen molar-refractivity contribution in [2.45, 2.75) is 19.9 Å². The van der Waals surface area contributed by atoms with E-state index >= 15 is 0 Å². The largest absolute Gasteiger partial charge is 0.331 e. The summed E-state index contributed by atoms with van der Waals surface area (Å²) in [5.41, 5.74) is 2.97. The maximum atomic E-state index is 12.0. The first-order valence-corrected chi connectivity index (χ1v) is 7.24. The van der Waals surface area contributed by atoms with Gasteiger partial charge in [0.2, 0.25) is 0 Å². The van der Waals surface area contributed by atoms with Crippen LogP contribution in [-0.2, 0) is 0 Å². The lowest BCUT2D eigenvalue weighted by molar-refractivity contribution is 0.249. The lowest BCUT2D eigenvalue weighted by Gasteiger charge is -2.15. The number of hydrogen-bond acceptors (Lipinski definition) is 1. The molecule has 0 aliphatic heterocycles. The average molecular weight is 333 g/mol. The zero-order chi connectivity index (χ0) is 14.5. The van der Waals surface area contributed by atoms with Crippen LogP contribution in [0.3, 0.4) is 0 Å². The molecule has 2 aromatic carbocycles. The first kappa shape index (κ1) is 14.6. The molecular weight excluding hydrogens is 316 g/mol. The molecule has 1 unspecified atom stereocenters. The number of halogens is 1. The van der Waals surface area contributed by atoms with Gasteiger partial charge in [-0.1, -0.05) is 36.4 Å². The highest BCUT2D eigenvalue weighted by Gasteiger charge is 2.10. The van der Waals surface area contributed by atoms with Gasteiger partial charge >= 0.3 is 6.03 Å². The molecule has 0 heterocycles. The Kier molecular flexibility index (Phi) is 4.79. The van der Waals surface area contributed by atoms with Crippen molar-refractivity contribution in [3.63, 3.8) is 0 Å². The summed E-state index contributed by atoms with van der Waals surface area (Å²) >= 11 is 3.44. The molecule has 0 radical (unpaired) electrons. The third-order valence-electron chi connectivity index (χ3n) is 3.02. The molecule has 0 bridgehead atoms. The van der Waals surface area contributed by atoms with Crippen molar-refractivity contribution in [1.29, 1.82) is 0 Å². The summed E-state index contributed by atoms with van der Waals surface area (Å²) in [5, 5.41) is 5.76. The van der Waals surface area contributed by atoms with E-state index in [9.17, 15) is 4.79 Å². The number of nitrogens with one attached hydrogen (secondary N) is 2. The Balaban J connectivity index is 1.99. The molecule has 2 N–H and O–H groups in total. The minimum Gasteiger partial charge on any atom is -0.331 e. The summed E-state index contributed by atoms with van der Waals surface area (Å²) in [5.74, 6) is 0. The Morgan fingerprint density at radius 1 is 1.15 bits per heavy atom. The molecule has 0 saturated heterocycles. The minimum absolute atomic E-state index is 0.0413. The third-order valence-corrected chi connectivity index (χ3v) is 3.68. The van der Waals surface area contributed by atoms with Crippen molar-refractivity contribution in [1.82, 2.24) is 5.32 Å². The highest BCUT2D eigenvalue weighted by Crippen LogP contribution is 2.23. The topological polar surface area (TPSA) is 41.1 Å². The summed E-state index contributed by atoms with van der Waals surface area (Å²) < 4.78 is 0.875. The average Bonchev–Trinajstić information content (AvgIpc) is 2.43. The van der Waals surface area contributed by atoms with Gasteiger partial charge in [0.15, 0.2) is 0 Å². The minimum atomic E-state index is -0.217. The fourth-order valence-corrected chi connectivity index (χ4v) is 2.49. The monoisotopic (exact) mass is 332 g/mol. The number of urea groups is 1. The van der Waals surface area contributed by atoms with Gasteiger partial charge in [0, 0.05) is 4.47 Å². The lowest BCUT2D eigenvalue weighted by Crippen LogP contribution is -2.31. The van der Waals surface area contributed by atoms with Crippen LogP contribution in [0.4, 0.5) is 10.5 Å². The van der Waals surface area contributed by atoms with Gasteiger partial charge in [0.1, 0.15) is 0 Å². The van der Waals surface area contributed by atoms with E-state index < -0.39 is 0 Å². The van der Waals surface area contributed by atoms with Gasteiger partial charge in [-0.3, -0.25) is 0 Å². The lowest BCUT2D eigenvalue weighted by atomic mass is 10.1. The van der Waals surface area contributed by atoms with Gasteiger partial charge in [-0.2, -0.15) is 0 Å². The van der Waals surface area contributed by atoms with Crippen LogP contribution < -0.4 is 10.6 Å². The number of hydrogen-bond donors (Lipinski definition) is 2. The van der Waals surface area contributed by atoms with E-state index in [1.165, 1.54) is 0 Å². The predicted octanol–water partition coefficient (Wildman–Crippen LogP) is 4.64. The van der Waals surface area contributed by atoms with E-state index in [-0.39, 0.29) is 12.1 Å². The molecule has 2 amide bonds. The van der Waals surface area contributed by atoms with E-state index in [2.05, 4.69) is 26.6 Å². The number of carbonyl (C=O) groups is 1. The maximum Gasteiger partial charge on any atom is 0.319 e. The first-order chi connectivity index (χ1) is 9.56. The Bertz CT molecular complexity index is 599. The van der Waals surface area contributed by atoms with Crippen LogP contribution in [-0.4, -0.2) is 6.03 Å². The molecular formula is C16H17BrN2O. The Morgan fingerprint density at radius 2 is 1.85 bits per heavy atom. The molecule has 20 heavy (non-hydrogen) atoms. The van der Waals surface area contributed by atoms with Crippen molar-refractivity contribution < 1.29 is 4.79 Å². The second-order valence-corrected chi connectivity index (χ2v) is 5.57.